The van der Waals surface area contributed by atoms with Gasteiger partial charge in [-0.2, -0.15) is 0 Å². The number of aromatic nitrogens is 4. The van der Waals surface area contributed by atoms with Crippen molar-refractivity contribution in [3.8, 4) is 11.4 Å². The molecule has 0 aliphatic rings. The topological polar surface area (TPSA) is 63.6 Å². The molecule has 0 aliphatic carbocycles. The van der Waals surface area contributed by atoms with Gasteiger partial charge in [0.15, 0.2) is 5.82 Å². The van der Waals surface area contributed by atoms with E-state index < -0.39 is 0 Å². The number of unbranched alkanes of at least 4 members (excludes halogenated alkanes) is 1. The van der Waals surface area contributed by atoms with Crippen LogP contribution in [0, 0.1) is 6.92 Å². The van der Waals surface area contributed by atoms with Gasteiger partial charge in [-0.3, -0.25) is 0 Å². The summed E-state index contributed by atoms with van der Waals surface area (Å²) >= 11 is 0. The van der Waals surface area contributed by atoms with Gasteiger partial charge >= 0.3 is 0 Å². The Hall–Kier alpha value is -1.88. The maximum Gasteiger partial charge on any atom is 0.203 e. The standard InChI is InChI=1S/C14H19N5/c1-3-4-9-15-10-12-5-7-13(8-6-12)14-18-16-11(2)17-19-14/h5-8,15H,3-4,9-10H2,1-2H3. The molecule has 0 saturated carbocycles. The third-order valence-corrected chi connectivity index (χ3v) is 2.83. The molecule has 0 atom stereocenters. The first kappa shape index (κ1) is 13.5. The lowest BCUT2D eigenvalue weighted by Gasteiger charge is -2.05. The van der Waals surface area contributed by atoms with E-state index in [4.69, 9.17) is 0 Å². The van der Waals surface area contributed by atoms with Crippen molar-refractivity contribution >= 4 is 0 Å². The van der Waals surface area contributed by atoms with Crippen LogP contribution in [-0.2, 0) is 6.54 Å². The minimum Gasteiger partial charge on any atom is -0.313 e. The largest absolute Gasteiger partial charge is 0.313 e. The Morgan fingerprint density at radius 3 is 2.32 bits per heavy atom. The first-order valence-corrected chi connectivity index (χ1v) is 6.63. The highest BCUT2D eigenvalue weighted by Crippen LogP contribution is 2.13. The van der Waals surface area contributed by atoms with Gasteiger partial charge in [0.05, 0.1) is 0 Å². The third-order valence-electron chi connectivity index (χ3n) is 2.83. The SMILES string of the molecule is CCCCNCc1ccc(-c2nnc(C)nn2)cc1. The molecule has 0 saturated heterocycles. The highest BCUT2D eigenvalue weighted by molar-refractivity contribution is 5.54. The van der Waals surface area contributed by atoms with E-state index in [9.17, 15) is 0 Å². The summed E-state index contributed by atoms with van der Waals surface area (Å²) in [7, 11) is 0. The van der Waals surface area contributed by atoms with Crippen molar-refractivity contribution in [1.82, 2.24) is 25.7 Å². The molecule has 1 aromatic carbocycles. The molecule has 0 spiro atoms. The van der Waals surface area contributed by atoms with Crippen LogP contribution in [0.2, 0.25) is 0 Å². The van der Waals surface area contributed by atoms with Crippen LogP contribution in [0.25, 0.3) is 11.4 Å². The molecule has 5 nitrogen and oxygen atoms in total. The maximum atomic E-state index is 4.03. The number of rotatable bonds is 6. The Morgan fingerprint density at radius 2 is 1.68 bits per heavy atom. The Kier molecular flexibility index (Phi) is 4.92. The molecular formula is C14H19N5. The number of nitrogens with one attached hydrogen (secondary N) is 1. The van der Waals surface area contributed by atoms with Crippen LogP contribution in [-0.4, -0.2) is 26.9 Å². The molecule has 100 valence electrons. The molecule has 0 fully saturated rings. The van der Waals surface area contributed by atoms with Crippen molar-refractivity contribution in [2.45, 2.75) is 33.2 Å². The fourth-order valence-corrected chi connectivity index (χ4v) is 1.70. The normalized spacial score (nSPS) is 10.6. The second-order valence-corrected chi connectivity index (χ2v) is 4.50. The van der Waals surface area contributed by atoms with Crippen LogP contribution in [0.3, 0.4) is 0 Å². The van der Waals surface area contributed by atoms with Crippen molar-refractivity contribution in [3.63, 3.8) is 0 Å². The fourth-order valence-electron chi connectivity index (χ4n) is 1.70. The predicted molar refractivity (Wildman–Crippen MR) is 74.4 cm³/mol. The summed E-state index contributed by atoms with van der Waals surface area (Å²) in [6, 6.07) is 8.17. The van der Waals surface area contributed by atoms with E-state index in [0.29, 0.717) is 11.6 Å². The second kappa shape index (κ2) is 6.89. The summed E-state index contributed by atoms with van der Waals surface area (Å²) in [6.45, 7) is 5.92. The van der Waals surface area contributed by atoms with Gasteiger partial charge in [-0.15, -0.1) is 20.4 Å². The van der Waals surface area contributed by atoms with E-state index in [1.807, 2.05) is 12.1 Å². The fraction of sp³-hybridized carbons (Fsp3) is 0.429. The molecule has 2 aromatic rings. The Balaban J connectivity index is 1.96. The van der Waals surface area contributed by atoms with Crippen molar-refractivity contribution in [1.29, 1.82) is 0 Å². The average Bonchev–Trinajstić information content (AvgIpc) is 2.45. The summed E-state index contributed by atoms with van der Waals surface area (Å²) in [6.07, 6.45) is 2.43. The summed E-state index contributed by atoms with van der Waals surface area (Å²) in [5.74, 6) is 1.15. The van der Waals surface area contributed by atoms with Crippen LogP contribution in [0.5, 0.6) is 0 Å². The monoisotopic (exact) mass is 257 g/mol. The number of benzene rings is 1. The summed E-state index contributed by atoms with van der Waals surface area (Å²) in [5.41, 5.74) is 2.20. The molecule has 1 heterocycles. The maximum absolute atomic E-state index is 4.03. The third kappa shape index (κ3) is 4.06. The molecule has 5 heteroatoms. The van der Waals surface area contributed by atoms with Gasteiger partial charge in [-0.05, 0) is 25.5 Å². The van der Waals surface area contributed by atoms with E-state index in [1.54, 1.807) is 6.92 Å². The van der Waals surface area contributed by atoms with E-state index in [-0.39, 0.29) is 0 Å². The first-order valence-electron chi connectivity index (χ1n) is 6.63. The lowest BCUT2D eigenvalue weighted by Crippen LogP contribution is -2.14. The molecule has 0 radical (unpaired) electrons. The lowest BCUT2D eigenvalue weighted by molar-refractivity contribution is 0.641. The summed E-state index contributed by atoms with van der Waals surface area (Å²) in [4.78, 5) is 0. The van der Waals surface area contributed by atoms with Gasteiger partial charge in [-0.1, -0.05) is 37.6 Å². The molecule has 0 bridgehead atoms. The van der Waals surface area contributed by atoms with Crippen LogP contribution >= 0.6 is 0 Å². The molecule has 0 unspecified atom stereocenters. The molecule has 0 aliphatic heterocycles. The minimum atomic E-state index is 0.566. The summed E-state index contributed by atoms with van der Waals surface area (Å²) < 4.78 is 0. The van der Waals surface area contributed by atoms with Gasteiger partial charge in [0.25, 0.3) is 0 Å². The Labute approximate surface area is 113 Å². The van der Waals surface area contributed by atoms with Crippen LogP contribution in [0.15, 0.2) is 24.3 Å². The highest BCUT2D eigenvalue weighted by atomic mass is 15.3. The van der Waals surface area contributed by atoms with E-state index in [0.717, 1.165) is 18.7 Å². The van der Waals surface area contributed by atoms with Crippen molar-refractivity contribution < 1.29 is 0 Å². The molecule has 1 aromatic heterocycles. The van der Waals surface area contributed by atoms with Crippen LogP contribution in [0.1, 0.15) is 31.2 Å². The molecule has 1 N–H and O–H groups in total. The molecular weight excluding hydrogens is 238 g/mol. The Morgan fingerprint density at radius 1 is 1.00 bits per heavy atom. The number of aryl methyl sites for hydroxylation is 1. The van der Waals surface area contributed by atoms with Gasteiger partial charge in [0, 0.05) is 12.1 Å². The zero-order valence-electron chi connectivity index (χ0n) is 11.4. The molecule has 0 amide bonds. The van der Waals surface area contributed by atoms with Crippen LogP contribution < -0.4 is 5.32 Å². The Bertz CT molecular complexity index is 492. The quantitative estimate of drug-likeness (QED) is 0.803. The summed E-state index contributed by atoms with van der Waals surface area (Å²) in [5, 5.41) is 19.3. The number of hydrogen-bond acceptors (Lipinski definition) is 5. The van der Waals surface area contributed by atoms with Gasteiger partial charge in [-0.25, -0.2) is 0 Å². The smallest absolute Gasteiger partial charge is 0.203 e. The van der Waals surface area contributed by atoms with E-state index in [2.05, 4.69) is 44.8 Å². The predicted octanol–water partition coefficient (Wildman–Crippen LogP) is 2.13. The van der Waals surface area contributed by atoms with E-state index >= 15 is 0 Å². The van der Waals surface area contributed by atoms with Crippen molar-refractivity contribution in [3.05, 3.63) is 35.7 Å². The van der Waals surface area contributed by atoms with Crippen LogP contribution in [0.4, 0.5) is 0 Å². The van der Waals surface area contributed by atoms with Crippen molar-refractivity contribution in [2.24, 2.45) is 0 Å². The minimum absolute atomic E-state index is 0.566. The number of nitrogens with zero attached hydrogens (tertiary/aromatic N) is 4. The molecule has 19 heavy (non-hydrogen) atoms. The average molecular weight is 257 g/mol. The van der Waals surface area contributed by atoms with Gasteiger partial charge in [0.2, 0.25) is 5.82 Å². The van der Waals surface area contributed by atoms with E-state index in [1.165, 1.54) is 18.4 Å². The lowest BCUT2D eigenvalue weighted by atomic mass is 10.1. The first-order chi connectivity index (χ1) is 9.29. The van der Waals surface area contributed by atoms with Gasteiger partial charge in [0.1, 0.15) is 0 Å². The molecule has 2 rings (SSSR count). The second-order valence-electron chi connectivity index (χ2n) is 4.50. The van der Waals surface area contributed by atoms with Gasteiger partial charge < -0.3 is 5.32 Å². The zero-order valence-corrected chi connectivity index (χ0v) is 11.4. The zero-order chi connectivity index (χ0) is 13.5. The van der Waals surface area contributed by atoms with Crippen molar-refractivity contribution in [2.75, 3.05) is 6.54 Å². The highest BCUT2D eigenvalue weighted by Gasteiger charge is 2.02. The number of hydrogen-bond donors (Lipinski definition) is 1.